The number of aromatic hydroxyl groups is 5. The van der Waals surface area contributed by atoms with E-state index in [2.05, 4.69) is 322 Å². The van der Waals surface area contributed by atoms with E-state index >= 15 is 0 Å². The van der Waals surface area contributed by atoms with Gasteiger partial charge in [0.2, 0.25) is 0 Å². The van der Waals surface area contributed by atoms with Crippen LogP contribution in [0, 0.1) is 69.2 Å². The predicted octanol–water partition coefficient (Wildman–Crippen LogP) is 18.9. The SMILES string of the molecule is Cc1ccc(Pc2cc(C)cc(C(C)(C)C)c2O)c(CNC(C)(C)C)c1.Cc1ccc(Pc2cc(C)cc(C)c2O)c(CNC(C)(C)C)c1.Cc1ccc(Pc2cc(C)ccc2O)c(CNC(C)(C)C)c1.Cc1ccc(Pc2cccc(C)c2O)c(CNC(C)(C)C)c1.Cc1ccc(Pc2ccccc2O)c(CNC(C)(C)C)c1. The van der Waals surface area contributed by atoms with Crippen molar-refractivity contribution in [3.05, 3.63) is 265 Å². The van der Waals surface area contributed by atoms with Gasteiger partial charge in [-0.15, -0.1) is 0 Å². The molecule has 10 nitrogen and oxygen atoms in total. The lowest BCUT2D eigenvalue weighted by molar-refractivity contribution is 0.424. The number of phenolic OH excluding ortho intramolecular Hbond substituents is 5. The van der Waals surface area contributed by atoms with Crippen LogP contribution in [0.4, 0.5) is 0 Å². The average Bonchev–Trinajstić information content (AvgIpc) is 0.795. The van der Waals surface area contributed by atoms with Crippen LogP contribution in [0.3, 0.4) is 0 Å². The minimum atomic E-state index is -0.0702. The van der Waals surface area contributed by atoms with Gasteiger partial charge in [0, 0.05) is 92.5 Å². The Bertz CT molecular complexity index is 4750. The molecule has 5 atom stereocenters. The summed E-state index contributed by atoms with van der Waals surface area (Å²) in [7, 11) is 2.33. The van der Waals surface area contributed by atoms with Crippen molar-refractivity contribution in [2.24, 2.45) is 0 Å². The third-order valence-corrected chi connectivity index (χ3v) is 25.6. The Balaban J connectivity index is 0.000000222. The zero-order valence-electron chi connectivity index (χ0n) is 74.0. The fourth-order valence-electron chi connectivity index (χ4n) is 12.1. The summed E-state index contributed by atoms with van der Waals surface area (Å²) in [6.45, 7) is 64.2. The topological polar surface area (TPSA) is 161 Å². The molecule has 15 heteroatoms. The highest BCUT2D eigenvalue weighted by molar-refractivity contribution is 7.57. The molecular formula is C99H138N5O5P5. The number of nitrogens with one attached hydrogen (secondary N) is 5. The van der Waals surface area contributed by atoms with Crippen molar-refractivity contribution in [1.29, 1.82) is 0 Å². The van der Waals surface area contributed by atoms with Crippen molar-refractivity contribution in [2.75, 3.05) is 0 Å². The Morgan fingerprint density at radius 1 is 0.228 bits per heavy atom. The number of hydrogen-bond acceptors (Lipinski definition) is 10. The second-order valence-corrected chi connectivity index (χ2v) is 43.5. The van der Waals surface area contributed by atoms with Gasteiger partial charge in [-0.1, -0.05) is 243 Å². The highest BCUT2D eigenvalue weighted by Crippen LogP contribution is 2.35. The fourth-order valence-corrected chi connectivity index (χ4v) is 18.5. The average molecular weight is 1630 g/mol. The molecule has 10 aromatic rings. The van der Waals surface area contributed by atoms with Gasteiger partial charge in [-0.25, -0.2) is 0 Å². The molecule has 0 saturated heterocycles. The second-order valence-electron chi connectivity index (χ2n) is 36.9. The lowest BCUT2D eigenvalue weighted by Gasteiger charge is -2.24. The molecule has 0 aliphatic rings. The molecule has 0 heterocycles. The second kappa shape index (κ2) is 42.5. The quantitative estimate of drug-likeness (QED) is 0.0333. The Hall–Kier alpha value is -6.85. The zero-order valence-corrected chi connectivity index (χ0v) is 79.0. The van der Waals surface area contributed by atoms with Gasteiger partial charge in [0.05, 0.1) is 0 Å². The molecule has 0 amide bonds. The smallest absolute Gasteiger partial charge is 0.127 e. The molecule has 10 N–H and O–H groups in total. The summed E-state index contributed by atoms with van der Waals surface area (Å²) in [6, 6.07) is 60.7. The number of phenols is 5. The maximum atomic E-state index is 10.9. The van der Waals surface area contributed by atoms with E-state index in [1.807, 2.05) is 62.4 Å². The minimum absolute atomic E-state index is 0.0702. The first kappa shape index (κ1) is 96.0. The highest BCUT2D eigenvalue weighted by atomic mass is 31.1. The maximum absolute atomic E-state index is 10.9. The summed E-state index contributed by atoms with van der Waals surface area (Å²) in [4.78, 5) is 0. The van der Waals surface area contributed by atoms with E-state index in [4.69, 9.17) is 0 Å². The van der Waals surface area contributed by atoms with Crippen LogP contribution in [0.25, 0.3) is 0 Å². The molecule has 0 aliphatic heterocycles. The van der Waals surface area contributed by atoms with Crippen LogP contribution in [0.1, 0.15) is 214 Å². The third kappa shape index (κ3) is 33.6. The Kier molecular flexibility index (Phi) is 35.8. The monoisotopic (exact) mass is 1630 g/mol. The highest BCUT2D eigenvalue weighted by Gasteiger charge is 2.23. The lowest BCUT2D eigenvalue weighted by atomic mass is 9.85. The Morgan fingerprint density at radius 2 is 0.500 bits per heavy atom. The molecule has 0 saturated carbocycles. The van der Waals surface area contributed by atoms with E-state index in [0.29, 0.717) is 71.7 Å². The third-order valence-electron chi connectivity index (χ3n) is 18.5. The zero-order chi connectivity index (χ0) is 85.0. The van der Waals surface area contributed by atoms with Gasteiger partial charge in [0.15, 0.2) is 0 Å². The van der Waals surface area contributed by atoms with Gasteiger partial charge in [-0.05, 0) is 285 Å². The Morgan fingerprint density at radius 3 is 0.851 bits per heavy atom. The van der Waals surface area contributed by atoms with E-state index in [1.165, 1.54) is 98.8 Å². The molecule has 10 rings (SSSR count). The van der Waals surface area contributed by atoms with Crippen molar-refractivity contribution >= 4 is 95.9 Å². The van der Waals surface area contributed by atoms with Gasteiger partial charge in [-0.3, -0.25) is 0 Å². The molecule has 0 spiro atoms. The number of para-hydroxylation sites is 2. The summed E-state index contributed by atoms with van der Waals surface area (Å²) in [5.74, 6) is 2.09. The summed E-state index contributed by atoms with van der Waals surface area (Å²) in [5.41, 5.74) is 19.8. The van der Waals surface area contributed by atoms with Gasteiger partial charge in [-0.2, -0.15) is 0 Å². The van der Waals surface area contributed by atoms with Crippen molar-refractivity contribution < 1.29 is 25.5 Å². The number of hydrogen-bond donors (Lipinski definition) is 10. The van der Waals surface area contributed by atoms with E-state index in [0.717, 1.165) is 75.9 Å². The Labute approximate surface area is 696 Å². The van der Waals surface area contributed by atoms with Crippen molar-refractivity contribution in [1.82, 2.24) is 26.6 Å². The molecule has 5 unspecified atom stereocenters. The van der Waals surface area contributed by atoms with E-state index in [1.54, 1.807) is 12.1 Å². The number of benzene rings is 10. The number of aryl methyl sites for hydroxylation is 10. The van der Waals surface area contributed by atoms with Crippen molar-refractivity contribution in [3.63, 3.8) is 0 Å². The summed E-state index contributed by atoms with van der Waals surface area (Å²) < 4.78 is 0. The van der Waals surface area contributed by atoms with E-state index in [-0.39, 0.29) is 33.1 Å². The molecule has 114 heavy (non-hydrogen) atoms. The normalized spacial score (nSPS) is 12.4. The first-order chi connectivity index (χ1) is 52.9. The molecule has 0 radical (unpaired) electrons. The molecule has 0 aromatic heterocycles. The van der Waals surface area contributed by atoms with Crippen LogP contribution < -0.4 is 79.6 Å². The molecule has 0 bridgehead atoms. The largest absolute Gasteiger partial charge is 0.507 e. The fraction of sp³-hybridized carbons (Fsp3) is 0.394. The van der Waals surface area contributed by atoms with Crippen molar-refractivity contribution in [3.8, 4) is 28.7 Å². The van der Waals surface area contributed by atoms with Crippen LogP contribution in [0.5, 0.6) is 28.7 Å². The van der Waals surface area contributed by atoms with Crippen molar-refractivity contribution in [2.45, 2.75) is 260 Å². The predicted molar refractivity (Wildman–Crippen MR) is 510 cm³/mol. The molecular weight excluding hydrogens is 1490 g/mol. The van der Waals surface area contributed by atoms with E-state index in [9.17, 15) is 25.5 Å². The van der Waals surface area contributed by atoms with Crippen LogP contribution in [0.2, 0.25) is 0 Å². The summed E-state index contributed by atoms with van der Waals surface area (Å²) >= 11 is 0. The standard InChI is InChI=1S/C23H34NOP.C20H28NOP.2C19H26NOP.C18H24NOP/c1-15-9-10-19(17(11-15)14-24-23(6,7)8)26-20-13-16(2)12-18(21(20)25)22(3,4)5;1-13-7-8-17(16(10-13)12-21-20(4,5)6)23-18-11-14(2)9-15(3)19(18)22;1-13-7-9-17(15(10-13)12-20-19(3,4)5)22-18-11-14(2)6-8-16(18)21;1-13-9-10-16(15(11-13)12-20-19(3,4)5)22-17-8-6-7-14(2)18(17)21;1-13-9-10-16(14(11-13)12-19-18(2,3)4)21-17-8-6-5-7-15(17)20/h9-13,24-26H,14H2,1-8H3;7-11,21-23H,12H2,1-6H3;2*6-11,20-22H,12H2,1-5H3;5-11,19-21H,12H2,1-4H3. The first-order valence-corrected chi connectivity index (χ1v) is 45.0. The van der Waals surface area contributed by atoms with Gasteiger partial charge in [0.1, 0.15) is 28.7 Å². The maximum Gasteiger partial charge on any atom is 0.127 e. The van der Waals surface area contributed by atoms with Crippen LogP contribution >= 0.6 is 42.9 Å². The summed E-state index contributed by atoms with van der Waals surface area (Å²) in [5, 5.41) is 81.0. The molecule has 10 aromatic carbocycles. The van der Waals surface area contributed by atoms with Gasteiger partial charge >= 0.3 is 0 Å². The molecule has 0 aliphatic carbocycles. The molecule has 614 valence electrons. The molecule has 0 fully saturated rings. The van der Waals surface area contributed by atoms with Crippen LogP contribution in [-0.4, -0.2) is 53.2 Å². The van der Waals surface area contributed by atoms with Gasteiger partial charge < -0.3 is 52.1 Å². The van der Waals surface area contributed by atoms with Gasteiger partial charge in [0.25, 0.3) is 0 Å². The number of rotatable bonds is 20. The van der Waals surface area contributed by atoms with Crippen LogP contribution in [0.15, 0.2) is 176 Å². The lowest BCUT2D eigenvalue weighted by Crippen LogP contribution is -2.36. The first-order valence-electron chi connectivity index (χ1n) is 40.0. The van der Waals surface area contributed by atoms with E-state index < -0.39 is 0 Å². The summed E-state index contributed by atoms with van der Waals surface area (Å²) in [6.07, 6.45) is 0. The minimum Gasteiger partial charge on any atom is -0.507 e. The van der Waals surface area contributed by atoms with Crippen LogP contribution in [-0.2, 0) is 38.1 Å².